The molecule has 0 aromatic carbocycles. The highest BCUT2D eigenvalue weighted by Crippen LogP contribution is 2.18. The average molecular weight is 226 g/mol. The van der Waals surface area contributed by atoms with Crippen molar-refractivity contribution < 1.29 is 14.4 Å². The first-order valence-corrected chi connectivity index (χ1v) is 4.65. The minimum atomic E-state index is -1.60. The monoisotopic (exact) mass is 226 g/mol. The molecule has 0 bridgehead atoms. The summed E-state index contributed by atoms with van der Waals surface area (Å²) in [5, 5.41) is 18.7. The highest BCUT2D eigenvalue weighted by atomic mass is 32.1. The van der Waals surface area contributed by atoms with Gasteiger partial charge in [-0.25, -0.2) is 9.37 Å². The van der Waals surface area contributed by atoms with Crippen LogP contribution in [0.4, 0.5) is 4.39 Å². The topological polar surface area (TPSA) is 58.3 Å². The fourth-order valence-corrected chi connectivity index (χ4v) is 1.75. The van der Waals surface area contributed by atoms with Gasteiger partial charge in [-0.3, -0.25) is 3.97 Å². The van der Waals surface area contributed by atoms with Crippen molar-refractivity contribution in [2.75, 3.05) is 0 Å². The van der Waals surface area contributed by atoms with E-state index in [0.717, 1.165) is 0 Å². The SMILES string of the molecule is OB(O)c1ccnc2c1cc(CF)n2S. The van der Waals surface area contributed by atoms with Crippen LogP contribution in [0.25, 0.3) is 11.0 Å². The lowest BCUT2D eigenvalue weighted by Crippen LogP contribution is -2.30. The third-order valence-corrected chi connectivity index (χ3v) is 2.65. The Kier molecular flexibility index (Phi) is 2.68. The smallest absolute Gasteiger partial charge is 0.423 e. The van der Waals surface area contributed by atoms with E-state index in [-0.39, 0.29) is 0 Å². The molecule has 2 aromatic heterocycles. The van der Waals surface area contributed by atoms with Gasteiger partial charge >= 0.3 is 7.12 Å². The van der Waals surface area contributed by atoms with E-state index in [1.165, 1.54) is 22.3 Å². The molecule has 7 heteroatoms. The van der Waals surface area contributed by atoms with Crippen LogP contribution in [-0.2, 0) is 6.67 Å². The van der Waals surface area contributed by atoms with Crippen LogP contribution in [0.2, 0.25) is 0 Å². The predicted octanol–water partition coefficient (Wildman–Crippen LogP) is -0.122. The number of fused-ring (bicyclic) bond motifs is 1. The summed E-state index contributed by atoms with van der Waals surface area (Å²) in [6.45, 7) is -0.680. The van der Waals surface area contributed by atoms with Gasteiger partial charge in [0.15, 0.2) is 0 Å². The summed E-state index contributed by atoms with van der Waals surface area (Å²) in [7, 11) is -1.60. The van der Waals surface area contributed by atoms with Crippen LogP contribution in [0, 0.1) is 0 Å². The minimum Gasteiger partial charge on any atom is -0.423 e. The number of hydrogen-bond donors (Lipinski definition) is 3. The molecule has 2 heterocycles. The maximum absolute atomic E-state index is 12.5. The molecule has 2 N–H and O–H groups in total. The van der Waals surface area contributed by atoms with Gasteiger partial charge in [0, 0.05) is 11.6 Å². The van der Waals surface area contributed by atoms with Crippen molar-refractivity contribution in [1.82, 2.24) is 8.96 Å². The molecule has 0 atom stereocenters. The first kappa shape index (κ1) is 10.5. The van der Waals surface area contributed by atoms with E-state index >= 15 is 0 Å². The Bertz CT molecular complexity index is 503. The summed E-state index contributed by atoms with van der Waals surface area (Å²) in [5.74, 6) is 0. The molecule has 0 saturated heterocycles. The molecule has 0 unspecified atom stereocenters. The lowest BCUT2D eigenvalue weighted by atomic mass is 9.79. The Hall–Kier alpha value is -1.05. The number of alkyl halides is 1. The van der Waals surface area contributed by atoms with Crippen LogP contribution in [-0.4, -0.2) is 26.1 Å². The fourth-order valence-electron chi connectivity index (χ4n) is 1.48. The second-order valence-electron chi connectivity index (χ2n) is 3.09. The van der Waals surface area contributed by atoms with E-state index in [9.17, 15) is 4.39 Å². The van der Waals surface area contributed by atoms with Crippen molar-refractivity contribution in [2.45, 2.75) is 6.67 Å². The third-order valence-electron chi connectivity index (χ3n) is 2.20. The molecule has 0 aliphatic carbocycles. The summed E-state index contributed by atoms with van der Waals surface area (Å²) >= 11 is 4.06. The highest BCUT2D eigenvalue weighted by molar-refractivity contribution is 7.78. The molecule has 0 amide bonds. The summed E-state index contributed by atoms with van der Waals surface area (Å²) in [5.41, 5.74) is 1.04. The van der Waals surface area contributed by atoms with Gasteiger partial charge in [-0.15, -0.1) is 0 Å². The fraction of sp³-hybridized carbons (Fsp3) is 0.125. The van der Waals surface area contributed by atoms with Gasteiger partial charge in [0.2, 0.25) is 0 Å². The Labute approximate surface area is 91.1 Å². The van der Waals surface area contributed by atoms with E-state index in [1.807, 2.05) is 0 Å². The lowest BCUT2D eigenvalue weighted by molar-refractivity contribution is 0.426. The maximum atomic E-state index is 12.5. The Morgan fingerprint density at radius 2 is 2.27 bits per heavy atom. The third kappa shape index (κ3) is 1.62. The summed E-state index contributed by atoms with van der Waals surface area (Å²) in [4.78, 5) is 3.99. The minimum absolute atomic E-state index is 0.294. The van der Waals surface area contributed by atoms with Crippen molar-refractivity contribution in [3.63, 3.8) is 0 Å². The summed E-state index contributed by atoms with van der Waals surface area (Å²) in [6.07, 6.45) is 1.42. The zero-order valence-corrected chi connectivity index (χ0v) is 8.52. The van der Waals surface area contributed by atoms with Crippen molar-refractivity contribution in [3.8, 4) is 0 Å². The summed E-state index contributed by atoms with van der Waals surface area (Å²) in [6, 6.07) is 2.98. The molecule has 0 saturated carbocycles. The molecule has 0 radical (unpaired) electrons. The molecule has 4 nitrogen and oxygen atoms in total. The van der Waals surface area contributed by atoms with E-state index in [4.69, 9.17) is 10.0 Å². The average Bonchev–Trinajstić information content (AvgIpc) is 2.55. The number of aromatic nitrogens is 2. The zero-order chi connectivity index (χ0) is 11.0. The van der Waals surface area contributed by atoms with E-state index in [2.05, 4.69) is 17.8 Å². The number of pyridine rings is 1. The molecular weight excluding hydrogens is 218 g/mol. The van der Waals surface area contributed by atoms with Crippen LogP contribution in [0.5, 0.6) is 0 Å². The van der Waals surface area contributed by atoms with Crippen molar-refractivity contribution in [2.24, 2.45) is 0 Å². The van der Waals surface area contributed by atoms with Crippen LogP contribution in [0.15, 0.2) is 18.3 Å². The van der Waals surface area contributed by atoms with Crippen LogP contribution in [0.3, 0.4) is 0 Å². The van der Waals surface area contributed by atoms with Crippen molar-refractivity contribution in [3.05, 3.63) is 24.0 Å². The Morgan fingerprint density at radius 1 is 1.53 bits per heavy atom. The molecule has 15 heavy (non-hydrogen) atoms. The van der Waals surface area contributed by atoms with Gasteiger partial charge < -0.3 is 10.0 Å². The lowest BCUT2D eigenvalue weighted by Gasteiger charge is -2.00. The van der Waals surface area contributed by atoms with Crippen molar-refractivity contribution >= 4 is 36.4 Å². The molecule has 2 aromatic rings. The zero-order valence-electron chi connectivity index (χ0n) is 7.63. The molecular formula is C8H8BFN2O2S. The molecule has 0 aliphatic heterocycles. The van der Waals surface area contributed by atoms with E-state index in [1.54, 1.807) is 0 Å². The van der Waals surface area contributed by atoms with Gasteiger partial charge in [-0.1, -0.05) is 12.8 Å². The molecule has 0 aliphatic rings. The van der Waals surface area contributed by atoms with Gasteiger partial charge in [0.1, 0.15) is 12.3 Å². The second-order valence-corrected chi connectivity index (χ2v) is 3.49. The second kappa shape index (κ2) is 3.84. The molecule has 0 fully saturated rings. The van der Waals surface area contributed by atoms with Gasteiger partial charge in [-0.05, 0) is 17.6 Å². The number of nitrogens with zero attached hydrogens (tertiary/aromatic N) is 2. The number of hydrogen-bond acceptors (Lipinski definition) is 4. The number of halogens is 1. The normalized spacial score (nSPS) is 10.9. The standard InChI is InChI=1S/C8H8BFN2O2S/c10-4-5-3-6-7(9(13)14)1-2-11-8(6)12(5)15/h1-3,13-15H,4H2. The quantitative estimate of drug-likeness (QED) is 0.494. The van der Waals surface area contributed by atoms with Crippen LogP contribution in [0.1, 0.15) is 5.69 Å². The van der Waals surface area contributed by atoms with Gasteiger partial charge in [0.05, 0.1) is 5.69 Å². The van der Waals surface area contributed by atoms with Crippen molar-refractivity contribution in [1.29, 1.82) is 0 Å². The maximum Gasteiger partial charge on any atom is 0.489 e. The number of thiol groups is 1. The molecule has 0 spiro atoms. The first-order chi connectivity index (χ1) is 7.15. The largest absolute Gasteiger partial charge is 0.489 e. The van der Waals surface area contributed by atoms with Gasteiger partial charge in [0.25, 0.3) is 0 Å². The Morgan fingerprint density at radius 3 is 2.87 bits per heavy atom. The van der Waals surface area contributed by atoms with E-state index in [0.29, 0.717) is 22.2 Å². The Balaban J connectivity index is 2.76. The van der Waals surface area contributed by atoms with E-state index < -0.39 is 13.8 Å². The van der Waals surface area contributed by atoms with Crippen LogP contribution >= 0.6 is 12.8 Å². The number of rotatable bonds is 2. The summed E-state index contributed by atoms with van der Waals surface area (Å²) < 4.78 is 13.8. The molecule has 2 rings (SSSR count). The van der Waals surface area contributed by atoms with Gasteiger partial charge in [-0.2, -0.15) is 0 Å². The molecule has 78 valence electrons. The predicted molar refractivity (Wildman–Crippen MR) is 58.8 cm³/mol. The van der Waals surface area contributed by atoms with Crippen LogP contribution < -0.4 is 5.46 Å². The highest BCUT2D eigenvalue weighted by Gasteiger charge is 2.18. The first-order valence-electron chi connectivity index (χ1n) is 4.25.